The highest BCUT2D eigenvalue weighted by atomic mass is 16.7. The summed E-state index contributed by atoms with van der Waals surface area (Å²) in [5.74, 6) is 5.15. The lowest BCUT2D eigenvalue weighted by Gasteiger charge is -2.61. The van der Waals surface area contributed by atoms with Gasteiger partial charge in [-0.25, -0.2) is 0 Å². The average Bonchev–Trinajstić information content (AvgIpc) is 3.31. The van der Waals surface area contributed by atoms with Gasteiger partial charge in [-0.15, -0.1) is 0 Å². The molecule has 0 aromatic heterocycles. The van der Waals surface area contributed by atoms with Crippen LogP contribution in [0.3, 0.4) is 0 Å². The fourth-order valence-electron chi connectivity index (χ4n) is 11.0. The van der Waals surface area contributed by atoms with Crippen LogP contribution in [0.1, 0.15) is 119 Å². The zero-order valence-electron chi connectivity index (χ0n) is 24.6. The summed E-state index contributed by atoms with van der Waals surface area (Å²) in [7, 11) is 0. The number of hydrogen-bond donors (Lipinski definition) is 0. The lowest BCUT2D eigenvalue weighted by atomic mass is 9.44. The van der Waals surface area contributed by atoms with Crippen LogP contribution in [-0.2, 0) is 19.0 Å². The van der Waals surface area contributed by atoms with Crippen molar-refractivity contribution in [2.75, 3.05) is 6.61 Å². The Bertz CT molecular complexity index is 862. The summed E-state index contributed by atoms with van der Waals surface area (Å²) in [5, 5.41) is 0. The van der Waals surface area contributed by atoms with E-state index in [0.717, 1.165) is 50.0 Å². The van der Waals surface area contributed by atoms with E-state index in [1.807, 2.05) is 0 Å². The first-order chi connectivity index (χ1) is 17.6. The predicted molar refractivity (Wildman–Crippen MR) is 146 cm³/mol. The summed E-state index contributed by atoms with van der Waals surface area (Å²) < 4.78 is 19.5. The third-order valence-electron chi connectivity index (χ3n) is 13.4. The number of rotatable bonds is 4. The molecule has 0 unspecified atom stereocenters. The largest absolute Gasteiger partial charge is 0.462 e. The number of esters is 1. The Hall–Kier alpha value is -0.610. The van der Waals surface area contributed by atoms with Gasteiger partial charge in [-0.2, -0.15) is 0 Å². The van der Waals surface area contributed by atoms with Crippen LogP contribution in [0.5, 0.6) is 0 Å². The SMILES string of the molecule is CC[C@H](C)CC(=O)O[C@@H]1CC[C@@]2(C)[C@@H](CC[C@@H]3[C@@H]2CC[C@]2(C)[C@@H]4[C@H](C[C@@H]32)O[C@@]2(CC[C@@H](C)CO2)[C@H]4C)C1. The summed E-state index contributed by atoms with van der Waals surface area (Å²) in [6, 6.07) is 0. The van der Waals surface area contributed by atoms with Gasteiger partial charge in [0.1, 0.15) is 6.10 Å². The number of hydrogen-bond acceptors (Lipinski definition) is 4. The van der Waals surface area contributed by atoms with Crippen LogP contribution in [0.25, 0.3) is 0 Å². The van der Waals surface area contributed by atoms with Gasteiger partial charge < -0.3 is 14.2 Å². The highest BCUT2D eigenvalue weighted by Crippen LogP contribution is 2.71. The lowest BCUT2D eigenvalue weighted by molar-refractivity contribution is -0.273. The van der Waals surface area contributed by atoms with Crippen molar-refractivity contribution >= 4 is 5.97 Å². The molecule has 4 heteroatoms. The highest BCUT2D eigenvalue weighted by Gasteiger charge is 2.69. The first-order valence-electron chi connectivity index (χ1n) is 16.1. The van der Waals surface area contributed by atoms with E-state index in [1.165, 1.54) is 44.9 Å². The molecule has 2 heterocycles. The van der Waals surface area contributed by atoms with E-state index in [2.05, 4.69) is 41.5 Å². The molecule has 2 aliphatic heterocycles. The van der Waals surface area contributed by atoms with E-state index in [0.29, 0.717) is 52.9 Å². The maximum absolute atomic E-state index is 12.5. The second kappa shape index (κ2) is 9.50. The third kappa shape index (κ3) is 4.16. The van der Waals surface area contributed by atoms with Gasteiger partial charge in [-0.3, -0.25) is 4.79 Å². The molecule has 0 radical (unpaired) electrons. The molecule has 0 aromatic rings. The van der Waals surface area contributed by atoms with Crippen LogP contribution in [0.2, 0.25) is 0 Å². The Morgan fingerprint density at radius 3 is 2.49 bits per heavy atom. The normalized spacial score (nSPS) is 53.6. The Kier molecular flexibility index (Phi) is 6.83. The molecule has 0 amide bonds. The van der Waals surface area contributed by atoms with E-state index in [4.69, 9.17) is 14.2 Å². The summed E-state index contributed by atoms with van der Waals surface area (Å²) >= 11 is 0. The van der Waals surface area contributed by atoms with Crippen LogP contribution in [0.15, 0.2) is 0 Å². The minimum Gasteiger partial charge on any atom is -0.462 e. The topological polar surface area (TPSA) is 44.8 Å². The van der Waals surface area contributed by atoms with Crippen LogP contribution in [0.4, 0.5) is 0 Å². The Morgan fingerprint density at radius 1 is 0.973 bits per heavy atom. The summed E-state index contributed by atoms with van der Waals surface area (Å²) in [6.45, 7) is 15.2. The molecule has 6 aliphatic rings. The standard InChI is InChI=1S/C33H54O4/c1-7-20(2)16-29(34)36-24-11-13-31(5)23(17-24)8-9-25-26(31)12-14-32(6)27(25)18-28-30(32)22(4)33(37-28)15-10-21(3)19-35-33/h20-28,30H,7-19H2,1-6H3/t20-,21+,22-,23-,24+,25+,26-,27-,28-,30-,31-,32-,33-/m0/s1. The molecule has 6 rings (SSSR count). The monoisotopic (exact) mass is 514 g/mol. The third-order valence-corrected chi connectivity index (χ3v) is 13.4. The molecule has 0 bridgehead atoms. The molecule has 2 saturated heterocycles. The second-order valence-corrected chi connectivity index (χ2v) is 15.3. The number of carbonyl (C=O) groups is 1. The van der Waals surface area contributed by atoms with E-state index in [9.17, 15) is 4.79 Å². The smallest absolute Gasteiger partial charge is 0.306 e. The van der Waals surface area contributed by atoms with E-state index in [-0.39, 0.29) is 17.9 Å². The van der Waals surface area contributed by atoms with Crippen molar-refractivity contribution in [3.05, 3.63) is 0 Å². The van der Waals surface area contributed by atoms with Crippen molar-refractivity contribution in [1.82, 2.24) is 0 Å². The molecule has 13 atom stereocenters. The Labute approximate surface area is 226 Å². The van der Waals surface area contributed by atoms with Crippen molar-refractivity contribution in [1.29, 1.82) is 0 Å². The Morgan fingerprint density at radius 2 is 1.76 bits per heavy atom. The zero-order valence-corrected chi connectivity index (χ0v) is 24.6. The van der Waals surface area contributed by atoms with Gasteiger partial charge in [0.2, 0.25) is 0 Å². The van der Waals surface area contributed by atoms with Crippen LogP contribution < -0.4 is 0 Å². The summed E-state index contributed by atoms with van der Waals surface area (Å²) in [6.07, 6.45) is 14.6. The molecule has 1 spiro atoms. The summed E-state index contributed by atoms with van der Waals surface area (Å²) in [4.78, 5) is 12.5. The van der Waals surface area contributed by atoms with Crippen molar-refractivity contribution in [3.8, 4) is 0 Å². The fraction of sp³-hybridized carbons (Fsp3) is 0.970. The molecule has 6 fully saturated rings. The molecular weight excluding hydrogens is 460 g/mol. The highest BCUT2D eigenvalue weighted by molar-refractivity contribution is 5.69. The van der Waals surface area contributed by atoms with E-state index >= 15 is 0 Å². The molecule has 0 aromatic carbocycles. The molecule has 4 saturated carbocycles. The van der Waals surface area contributed by atoms with Crippen LogP contribution >= 0.6 is 0 Å². The van der Waals surface area contributed by atoms with Crippen molar-refractivity contribution in [3.63, 3.8) is 0 Å². The molecule has 4 nitrogen and oxygen atoms in total. The van der Waals surface area contributed by atoms with Gasteiger partial charge in [0, 0.05) is 18.8 Å². The first kappa shape index (κ1) is 26.6. The quantitative estimate of drug-likeness (QED) is 0.359. The van der Waals surface area contributed by atoms with Gasteiger partial charge in [0.15, 0.2) is 5.79 Å². The van der Waals surface area contributed by atoms with Gasteiger partial charge in [-0.05, 0) is 110 Å². The number of carbonyl (C=O) groups excluding carboxylic acids is 1. The second-order valence-electron chi connectivity index (χ2n) is 15.3. The first-order valence-corrected chi connectivity index (χ1v) is 16.1. The molecular formula is C33H54O4. The molecule has 0 N–H and O–H groups in total. The lowest BCUT2D eigenvalue weighted by Crippen LogP contribution is -2.55. The Balaban J connectivity index is 1.13. The van der Waals surface area contributed by atoms with Gasteiger partial charge in [0.05, 0.1) is 12.7 Å². The predicted octanol–water partition coefficient (Wildman–Crippen LogP) is 7.78. The maximum atomic E-state index is 12.5. The van der Waals surface area contributed by atoms with Crippen molar-refractivity contribution < 1.29 is 19.0 Å². The van der Waals surface area contributed by atoms with Gasteiger partial charge in [-0.1, -0.05) is 48.0 Å². The fourth-order valence-corrected chi connectivity index (χ4v) is 11.0. The summed E-state index contributed by atoms with van der Waals surface area (Å²) in [5.41, 5.74) is 0.810. The van der Waals surface area contributed by atoms with E-state index < -0.39 is 0 Å². The van der Waals surface area contributed by atoms with Crippen molar-refractivity contribution in [2.45, 2.75) is 137 Å². The minimum absolute atomic E-state index is 0.0332. The van der Waals surface area contributed by atoms with Crippen LogP contribution in [-0.4, -0.2) is 30.6 Å². The van der Waals surface area contributed by atoms with Crippen molar-refractivity contribution in [2.24, 2.45) is 58.2 Å². The maximum Gasteiger partial charge on any atom is 0.306 e. The molecule has 37 heavy (non-hydrogen) atoms. The number of ether oxygens (including phenoxy) is 3. The number of fused-ring (bicyclic) bond motifs is 7. The molecule has 210 valence electrons. The zero-order chi connectivity index (χ0) is 26.2. The molecule has 4 aliphatic carbocycles. The van der Waals surface area contributed by atoms with Crippen LogP contribution in [0, 0.1) is 58.2 Å². The van der Waals surface area contributed by atoms with Gasteiger partial charge >= 0.3 is 5.97 Å². The van der Waals surface area contributed by atoms with E-state index in [1.54, 1.807) is 0 Å². The average molecular weight is 515 g/mol. The van der Waals surface area contributed by atoms with Gasteiger partial charge in [0.25, 0.3) is 0 Å². The minimum atomic E-state index is -0.305.